The van der Waals surface area contributed by atoms with Gasteiger partial charge in [-0.3, -0.25) is 4.79 Å². The second-order valence-electron chi connectivity index (χ2n) is 4.82. The van der Waals surface area contributed by atoms with Crippen molar-refractivity contribution in [3.63, 3.8) is 0 Å². The number of ether oxygens (including phenoxy) is 1. The Morgan fingerprint density at radius 2 is 1.83 bits per heavy atom. The number of carbonyl (C=O) groups excluding carboxylic acids is 1. The number of halogens is 4. The number of hydrogen-bond donors (Lipinski definition) is 2. The lowest BCUT2D eigenvalue weighted by molar-refractivity contribution is -0.137. The van der Waals surface area contributed by atoms with Crippen molar-refractivity contribution in [2.45, 2.75) is 6.18 Å². The van der Waals surface area contributed by atoms with Crippen molar-refractivity contribution in [3.05, 3.63) is 53.1 Å². The molecule has 0 radical (unpaired) electrons. The fourth-order valence-corrected chi connectivity index (χ4v) is 2.10. The number of benzene rings is 2. The molecule has 0 aromatic heterocycles. The normalized spacial score (nSPS) is 11.0. The van der Waals surface area contributed by atoms with Gasteiger partial charge in [-0.15, -0.1) is 0 Å². The van der Waals surface area contributed by atoms with Gasteiger partial charge < -0.3 is 15.4 Å². The summed E-state index contributed by atoms with van der Waals surface area (Å²) in [6, 6.07) is 9.18. The van der Waals surface area contributed by atoms with E-state index in [2.05, 4.69) is 10.6 Å². The first kappa shape index (κ1) is 17.9. The average Bonchev–Trinajstić information content (AvgIpc) is 2.53. The predicted molar refractivity (Wildman–Crippen MR) is 86.6 cm³/mol. The van der Waals surface area contributed by atoms with Gasteiger partial charge in [-0.2, -0.15) is 13.2 Å². The zero-order chi connectivity index (χ0) is 17.7. The third kappa shape index (κ3) is 4.79. The zero-order valence-electron chi connectivity index (χ0n) is 12.6. The summed E-state index contributed by atoms with van der Waals surface area (Å²) in [7, 11) is 1.46. The minimum atomic E-state index is -4.39. The molecule has 2 rings (SSSR count). The molecule has 2 aromatic carbocycles. The Labute approximate surface area is 141 Å². The number of rotatable bonds is 5. The van der Waals surface area contributed by atoms with Crippen molar-refractivity contribution in [2.24, 2.45) is 0 Å². The molecule has 2 aromatic rings. The van der Waals surface area contributed by atoms with E-state index >= 15 is 0 Å². The molecule has 1 amide bonds. The van der Waals surface area contributed by atoms with Crippen molar-refractivity contribution < 1.29 is 22.7 Å². The Balaban J connectivity index is 1.95. The lowest BCUT2D eigenvalue weighted by atomic mass is 10.2. The number of nitrogens with one attached hydrogen (secondary N) is 2. The maximum Gasteiger partial charge on any atom is 0.416 e. The summed E-state index contributed by atoms with van der Waals surface area (Å²) < 4.78 is 42.5. The minimum Gasteiger partial charge on any atom is -0.495 e. The van der Waals surface area contributed by atoms with Crippen LogP contribution in [0.15, 0.2) is 42.5 Å². The van der Waals surface area contributed by atoms with E-state index in [1.807, 2.05) is 0 Å². The third-order valence-electron chi connectivity index (χ3n) is 3.10. The maximum absolute atomic E-state index is 12.5. The fourth-order valence-electron chi connectivity index (χ4n) is 1.93. The highest BCUT2D eigenvalue weighted by Crippen LogP contribution is 2.30. The summed E-state index contributed by atoms with van der Waals surface area (Å²) in [5, 5.41) is 5.79. The van der Waals surface area contributed by atoms with E-state index in [4.69, 9.17) is 16.3 Å². The largest absolute Gasteiger partial charge is 0.495 e. The van der Waals surface area contributed by atoms with Crippen LogP contribution < -0.4 is 15.4 Å². The molecule has 0 heterocycles. The first-order valence-electron chi connectivity index (χ1n) is 6.84. The van der Waals surface area contributed by atoms with E-state index in [1.165, 1.54) is 25.3 Å². The quantitative estimate of drug-likeness (QED) is 0.832. The number of alkyl halides is 3. The first-order chi connectivity index (χ1) is 11.3. The molecule has 0 atom stereocenters. The van der Waals surface area contributed by atoms with E-state index in [0.29, 0.717) is 22.1 Å². The minimum absolute atomic E-state index is 0.124. The molecular formula is C16H14ClF3N2O2. The van der Waals surface area contributed by atoms with Crippen LogP contribution in [0.3, 0.4) is 0 Å². The standard InChI is InChI=1S/C16H14ClF3N2O2/c1-24-14-7-4-11(17)8-13(14)22-15(23)9-21-12-5-2-10(3-6-12)16(18,19)20/h2-8,21H,9H2,1H3,(H,22,23). The van der Waals surface area contributed by atoms with Crippen LogP contribution in [0.2, 0.25) is 5.02 Å². The molecule has 2 N–H and O–H groups in total. The molecule has 0 aliphatic carbocycles. The lowest BCUT2D eigenvalue weighted by Crippen LogP contribution is -2.22. The van der Waals surface area contributed by atoms with Crippen LogP contribution in [0.5, 0.6) is 5.75 Å². The summed E-state index contributed by atoms with van der Waals surface area (Å²) in [4.78, 5) is 11.9. The number of carbonyl (C=O) groups is 1. The molecule has 0 aliphatic heterocycles. The van der Waals surface area contributed by atoms with Crippen LogP contribution in [-0.2, 0) is 11.0 Å². The molecule has 8 heteroatoms. The molecule has 0 saturated heterocycles. The zero-order valence-corrected chi connectivity index (χ0v) is 13.3. The van der Waals surface area contributed by atoms with Crippen LogP contribution in [0.1, 0.15) is 5.56 Å². The summed E-state index contributed by atoms with van der Waals surface area (Å²) in [6.45, 7) is -0.124. The van der Waals surface area contributed by atoms with Crippen molar-refractivity contribution in [2.75, 3.05) is 24.3 Å². The van der Waals surface area contributed by atoms with Gasteiger partial charge in [0, 0.05) is 10.7 Å². The second-order valence-corrected chi connectivity index (χ2v) is 5.26. The predicted octanol–water partition coefficient (Wildman–Crippen LogP) is 4.42. The van der Waals surface area contributed by atoms with Crippen molar-refractivity contribution in [1.29, 1.82) is 0 Å². The van der Waals surface area contributed by atoms with Crippen LogP contribution in [0, 0.1) is 0 Å². The van der Waals surface area contributed by atoms with Gasteiger partial charge in [-0.25, -0.2) is 0 Å². The first-order valence-corrected chi connectivity index (χ1v) is 7.22. The molecule has 0 unspecified atom stereocenters. The monoisotopic (exact) mass is 358 g/mol. The summed E-state index contributed by atoms with van der Waals surface area (Å²) >= 11 is 5.87. The molecule has 0 bridgehead atoms. The summed E-state index contributed by atoms with van der Waals surface area (Å²) in [5.74, 6) is 0.0535. The Morgan fingerprint density at radius 3 is 2.42 bits per heavy atom. The third-order valence-corrected chi connectivity index (χ3v) is 3.34. The highest BCUT2D eigenvalue weighted by molar-refractivity contribution is 6.31. The summed E-state index contributed by atoms with van der Waals surface area (Å²) in [5.41, 5.74) is 0.0570. The van der Waals surface area contributed by atoms with Gasteiger partial charge in [0.05, 0.1) is 24.9 Å². The second kappa shape index (κ2) is 7.44. The van der Waals surface area contributed by atoms with E-state index in [-0.39, 0.29) is 6.54 Å². The highest BCUT2D eigenvalue weighted by Gasteiger charge is 2.29. The number of methoxy groups -OCH3 is 1. The Hall–Kier alpha value is -2.41. The Kier molecular flexibility index (Phi) is 5.56. The molecule has 24 heavy (non-hydrogen) atoms. The molecule has 4 nitrogen and oxygen atoms in total. The SMILES string of the molecule is COc1ccc(Cl)cc1NC(=O)CNc1ccc(C(F)(F)F)cc1. The van der Waals surface area contributed by atoms with Gasteiger partial charge in [-0.1, -0.05) is 11.6 Å². The van der Waals surface area contributed by atoms with Gasteiger partial charge in [0.25, 0.3) is 0 Å². The van der Waals surface area contributed by atoms with Crippen LogP contribution in [0.25, 0.3) is 0 Å². The van der Waals surface area contributed by atoms with E-state index < -0.39 is 17.6 Å². The Bertz CT molecular complexity index is 718. The van der Waals surface area contributed by atoms with Gasteiger partial charge in [0.2, 0.25) is 5.91 Å². The molecule has 0 fully saturated rings. The van der Waals surface area contributed by atoms with Crippen molar-refractivity contribution in [3.8, 4) is 5.75 Å². The number of amides is 1. The van der Waals surface area contributed by atoms with Gasteiger partial charge in [-0.05, 0) is 42.5 Å². The lowest BCUT2D eigenvalue weighted by Gasteiger charge is -2.12. The van der Waals surface area contributed by atoms with E-state index in [9.17, 15) is 18.0 Å². The van der Waals surface area contributed by atoms with E-state index in [1.54, 1.807) is 12.1 Å². The molecule has 128 valence electrons. The summed E-state index contributed by atoms with van der Waals surface area (Å²) in [6.07, 6.45) is -4.39. The number of anilines is 2. The maximum atomic E-state index is 12.5. The van der Waals surface area contributed by atoms with Crippen LogP contribution >= 0.6 is 11.6 Å². The van der Waals surface area contributed by atoms with Gasteiger partial charge >= 0.3 is 6.18 Å². The fraction of sp³-hybridized carbons (Fsp3) is 0.188. The molecule has 0 aliphatic rings. The number of hydrogen-bond acceptors (Lipinski definition) is 3. The topological polar surface area (TPSA) is 50.4 Å². The van der Waals surface area contributed by atoms with E-state index in [0.717, 1.165) is 12.1 Å². The average molecular weight is 359 g/mol. The van der Waals surface area contributed by atoms with Crippen LogP contribution in [0.4, 0.5) is 24.5 Å². The highest BCUT2D eigenvalue weighted by atomic mass is 35.5. The van der Waals surface area contributed by atoms with Gasteiger partial charge in [0.1, 0.15) is 5.75 Å². The van der Waals surface area contributed by atoms with Crippen molar-refractivity contribution >= 4 is 28.9 Å². The Morgan fingerprint density at radius 1 is 1.17 bits per heavy atom. The van der Waals surface area contributed by atoms with Crippen molar-refractivity contribution in [1.82, 2.24) is 0 Å². The molecule has 0 spiro atoms. The van der Waals surface area contributed by atoms with Gasteiger partial charge in [0.15, 0.2) is 0 Å². The smallest absolute Gasteiger partial charge is 0.416 e. The molecular weight excluding hydrogens is 345 g/mol. The molecule has 0 saturated carbocycles. The van der Waals surface area contributed by atoms with Crippen LogP contribution in [-0.4, -0.2) is 19.6 Å².